The predicted molar refractivity (Wildman–Crippen MR) is 99.4 cm³/mol. The Labute approximate surface area is 153 Å². The summed E-state index contributed by atoms with van der Waals surface area (Å²) in [6.07, 6.45) is 0. The van der Waals surface area contributed by atoms with E-state index in [1.807, 2.05) is 35.9 Å². The third-order valence-corrected chi connectivity index (χ3v) is 5.48. The van der Waals surface area contributed by atoms with Gasteiger partial charge >= 0.3 is 0 Å². The molecule has 0 bridgehead atoms. The van der Waals surface area contributed by atoms with E-state index < -0.39 is 0 Å². The normalized spacial score (nSPS) is 12.1. The van der Waals surface area contributed by atoms with Crippen LogP contribution in [0.1, 0.15) is 13.8 Å². The lowest BCUT2D eigenvalue weighted by atomic mass is 10.3. The van der Waals surface area contributed by atoms with Crippen molar-refractivity contribution in [2.75, 3.05) is 5.32 Å². The maximum absolute atomic E-state index is 12.9. The number of halogens is 1. The summed E-state index contributed by atoms with van der Waals surface area (Å²) in [6, 6.07) is 9.67. The van der Waals surface area contributed by atoms with Crippen molar-refractivity contribution in [1.82, 2.24) is 14.8 Å². The Morgan fingerprint density at radius 3 is 2.72 bits per heavy atom. The van der Waals surface area contributed by atoms with Crippen molar-refractivity contribution in [2.24, 2.45) is 0 Å². The molecule has 0 spiro atoms. The molecule has 0 saturated carbocycles. The van der Waals surface area contributed by atoms with E-state index in [4.69, 9.17) is 0 Å². The molecule has 25 heavy (non-hydrogen) atoms. The molecule has 0 radical (unpaired) electrons. The monoisotopic (exact) mass is 376 g/mol. The molecule has 2 aromatic heterocycles. The summed E-state index contributed by atoms with van der Waals surface area (Å²) >= 11 is 2.96. The van der Waals surface area contributed by atoms with Crippen LogP contribution in [0, 0.1) is 5.82 Å². The number of rotatable bonds is 6. The molecule has 0 unspecified atom stereocenters. The van der Waals surface area contributed by atoms with Crippen LogP contribution in [-0.4, -0.2) is 25.9 Å². The van der Waals surface area contributed by atoms with E-state index in [1.54, 1.807) is 11.3 Å². The number of anilines is 1. The van der Waals surface area contributed by atoms with Gasteiger partial charge in [0.1, 0.15) is 5.82 Å². The lowest BCUT2D eigenvalue weighted by Gasteiger charge is -2.12. The van der Waals surface area contributed by atoms with Gasteiger partial charge in [-0.2, -0.15) is 0 Å². The molecule has 5 nitrogen and oxygen atoms in total. The zero-order valence-corrected chi connectivity index (χ0v) is 15.4. The van der Waals surface area contributed by atoms with Gasteiger partial charge in [0.15, 0.2) is 11.0 Å². The minimum atomic E-state index is -0.365. The zero-order chi connectivity index (χ0) is 17.8. The first kappa shape index (κ1) is 17.6. The van der Waals surface area contributed by atoms with Gasteiger partial charge in [-0.05, 0) is 49.6 Å². The number of hydrogen-bond donors (Lipinski definition) is 1. The maximum Gasteiger partial charge on any atom is 0.237 e. The summed E-state index contributed by atoms with van der Waals surface area (Å²) in [4.78, 5) is 13.4. The van der Waals surface area contributed by atoms with Gasteiger partial charge in [0.2, 0.25) is 5.91 Å². The first-order valence-electron chi connectivity index (χ1n) is 7.78. The largest absolute Gasteiger partial charge is 0.325 e. The van der Waals surface area contributed by atoms with Crippen LogP contribution in [0.2, 0.25) is 0 Å². The smallest absolute Gasteiger partial charge is 0.237 e. The first-order valence-corrected chi connectivity index (χ1v) is 9.54. The molecule has 0 saturated heterocycles. The summed E-state index contributed by atoms with van der Waals surface area (Å²) in [6.45, 7) is 4.55. The van der Waals surface area contributed by atoms with E-state index >= 15 is 0 Å². The topological polar surface area (TPSA) is 59.8 Å². The van der Waals surface area contributed by atoms with Crippen LogP contribution in [0.3, 0.4) is 0 Å². The summed E-state index contributed by atoms with van der Waals surface area (Å²) in [5, 5.41) is 13.6. The quantitative estimate of drug-likeness (QED) is 0.652. The van der Waals surface area contributed by atoms with Crippen molar-refractivity contribution in [3.63, 3.8) is 0 Å². The van der Waals surface area contributed by atoms with Gasteiger partial charge in [-0.15, -0.1) is 21.5 Å². The number of amides is 1. The molecule has 3 aromatic rings. The number of aromatic nitrogens is 3. The van der Waals surface area contributed by atoms with E-state index in [0.29, 0.717) is 10.8 Å². The van der Waals surface area contributed by atoms with Crippen molar-refractivity contribution in [3.05, 3.63) is 47.6 Å². The van der Waals surface area contributed by atoms with Gasteiger partial charge in [-0.3, -0.25) is 4.79 Å². The fourth-order valence-electron chi connectivity index (χ4n) is 2.24. The Kier molecular flexibility index (Phi) is 5.50. The highest BCUT2D eigenvalue weighted by molar-refractivity contribution is 8.00. The number of carbonyl (C=O) groups is 1. The highest BCUT2D eigenvalue weighted by Gasteiger charge is 2.20. The molecular weight excluding hydrogens is 359 g/mol. The molecule has 0 aliphatic carbocycles. The molecule has 8 heteroatoms. The van der Waals surface area contributed by atoms with Gasteiger partial charge in [-0.25, -0.2) is 4.39 Å². The highest BCUT2D eigenvalue weighted by Crippen LogP contribution is 2.29. The van der Waals surface area contributed by atoms with Crippen LogP contribution >= 0.6 is 23.1 Å². The molecular formula is C17H17FN4OS2. The van der Waals surface area contributed by atoms with Gasteiger partial charge in [-0.1, -0.05) is 17.8 Å². The minimum Gasteiger partial charge on any atom is -0.325 e. The van der Waals surface area contributed by atoms with Crippen molar-refractivity contribution in [2.45, 2.75) is 30.8 Å². The molecule has 0 aliphatic rings. The number of benzene rings is 1. The molecule has 1 atom stereocenters. The Bertz CT molecular complexity index is 846. The molecule has 1 aromatic carbocycles. The second-order valence-corrected chi connectivity index (χ2v) is 7.54. The van der Waals surface area contributed by atoms with Crippen molar-refractivity contribution in [1.29, 1.82) is 0 Å². The number of thioether (sulfide) groups is 1. The lowest BCUT2D eigenvalue weighted by molar-refractivity contribution is -0.115. The number of hydrogen-bond acceptors (Lipinski definition) is 5. The second kappa shape index (κ2) is 7.79. The Morgan fingerprint density at radius 2 is 2.08 bits per heavy atom. The fourth-order valence-corrected chi connectivity index (χ4v) is 3.87. The Hall–Kier alpha value is -2.19. The maximum atomic E-state index is 12.9. The van der Waals surface area contributed by atoms with Crippen LogP contribution in [0.15, 0.2) is 46.9 Å². The van der Waals surface area contributed by atoms with Gasteiger partial charge < -0.3 is 9.88 Å². The fraction of sp³-hybridized carbons (Fsp3) is 0.235. The summed E-state index contributed by atoms with van der Waals surface area (Å²) in [7, 11) is 0. The number of thiophene rings is 1. The molecule has 0 fully saturated rings. The third-order valence-electron chi connectivity index (χ3n) is 3.54. The average Bonchev–Trinajstić information content (AvgIpc) is 3.25. The summed E-state index contributed by atoms with van der Waals surface area (Å²) in [5.41, 5.74) is 0.565. The number of carbonyl (C=O) groups excluding carboxylic acids is 1. The van der Waals surface area contributed by atoms with E-state index in [9.17, 15) is 9.18 Å². The van der Waals surface area contributed by atoms with E-state index in [-0.39, 0.29) is 17.0 Å². The Morgan fingerprint density at radius 1 is 1.32 bits per heavy atom. The van der Waals surface area contributed by atoms with Crippen LogP contribution in [0.4, 0.5) is 10.1 Å². The lowest BCUT2D eigenvalue weighted by Crippen LogP contribution is -2.22. The average molecular weight is 376 g/mol. The predicted octanol–water partition coefficient (Wildman–Crippen LogP) is 4.28. The van der Waals surface area contributed by atoms with Crippen LogP contribution < -0.4 is 5.32 Å². The zero-order valence-electron chi connectivity index (χ0n) is 13.8. The molecule has 2 heterocycles. The van der Waals surface area contributed by atoms with Gasteiger partial charge in [0.25, 0.3) is 0 Å². The molecule has 1 N–H and O–H groups in total. The van der Waals surface area contributed by atoms with E-state index in [2.05, 4.69) is 15.5 Å². The van der Waals surface area contributed by atoms with Crippen LogP contribution in [-0.2, 0) is 11.3 Å². The molecule has 3 rings (SSSR count). The minimum absolute atomic E-state index is 0.167. The SMILES string of the molecule is CCn1c(S[C@@H](C)C(=O)Nc2ccc(F)cc2)nnc1-c1cccs1. The molecule has 0 aliphatic heterocycles. The summed E-state index contributed by atoms with van der Waals surface area (Å²) in [5.74, 6) is 0.309. The van der Waals surface area contributed by atoms with Crippen molar-refractivity contribution >= 4 is 34.7 Å². The standard InChI is InChI=1S/C17H17FN4OS2/c1-3-22-15(14-5-4-10-24-14)20-21-17(22)25-11(2)16(23)19-13-8-6-12(18)7-9-13/h4-11H,3H2,1-2H3,(H,19,23)/t11-/m0/s1. The second-order valence-electron chi connectivity index (χ2n) is 5.28. The van der Waals surface area contributed by atoms with Gasteiger partial charge in [0, 0.05) is 12.2 Å². The first-order chi connectivity index (χ1) is 12.1. The van der Waals surface area contributed by atoms with E-state index in [1.165, 1.54) is 36.0 Å². The number of nitrogens with one attached hydrogen (secondary N) is 1. The molecule has 1 amide bonds. The van der Waals surface area contributed by atoms with E-state index in [0.717, 1.165) is 17.2 Å². The van der Waals surface area contributed by atoms with Crippen molar-refractivity contribution in [3.8, 4) is 10.7 Å². The molecule has 130 valence electrons. The third kappa shape index (κ3) is 4.08. The Balaban J connectivity index is 1.71. The highest BCUT2D eigenvalue weighted by atomic mass is 32.2. The van der Waals surface area contributed by atoms with Crippen LogP contribution in [0.5, 0.6) is 0 Å². The summed E-state index contributed by atoms with van der Waals surface area (Å²) < 4.78 is 14.9. The number of nitrogens with zero attached hydrogens (tertiary/aromatic N) is 3. The van der Waals surface area contributed by atoms with Gasteiger partial charge in [0.05, 0.1) is 10.1 Å². The van der Waals surface area contributed by atoms with Crippen molar-refractivity contribution < 1.29 is 9.18 Å². The van der Waals surface area contributed by atoms with Crippen LogP contribution in [0.25, 0.3) is 10.7 Å².